The van der Waals surface area contributed by atoms with Crippen LogP contribution in [0.5, 0.6) is 0 Å². The van der Waals surface area contributed by atoms with Gasteiger partial charge in [-0.15, -0.1) is 0 Å². The van der Waals surface area contributed by atoms with Gasteiger partial charge in [0.25, 0.3) is 15.9 Å². The van der Waals surface area contributed by atoms with Crippen LogP contribution in [0.15, 0.2) is 48.3 Å². The Morgan fingerprint density at radius 2 is 1.92 bits per heavy atom. The third-order valence-electron chi connectivity index (χ3n) is 6.88. The molecule has 1 aliphatic rings. The van der Waals surface area contributed by atoms with Crippen molar-refractivity contribution in [2.24, 2.45) is 7.05 Å². The SMILES string of the molecule is CCOC(=O)c1ccc2c(c1)n(CC)c(/C=C/C=C1\N(C)c3cc(Cl)c(C)cc3N1CCCS(=O)(=O)O)[n+]2C. The topological polar surface area (TPSA) is 96.0 Å². The molecule has 1 aliphatic heterocycles. The van der Waals surface area contributed by atoms with Crippen LogP contribution in [0.2, 0.25) is 5.02 Å². The van der Waals surface area contributed by atoms with E-state index in [-0.39, 0.29) is 18.1 Å². The number of fused-ring (bicyclic) bond motifs is 2. The van der Waals surface area contributed by atoms with Crippen molar-refractivity contribution in [1.82, 2.24) is 4.57 Å². The first-order valence-electron chi connectivity index (χ1n) is 12.8. The van der Waals surface area contributed by atoms with Crippen LogP contribution < -0.4 is 14.4 Å². The van der Waals surface area contributed by atoms with Crippen LogP contribution in [0.4, 0.5) is 11.4 Å². The summed E-state index contributed by atoms with van der Waals surface area (Å²) in [4.78, 5) is 16.4. The van der Waals surface area contributed by atoms with Gasteiger partial charge in [0.1, 0.15) is 5.82 Å². The molecule has 1 N–H and O–H groups in total. The monoisotopic (exact) mass is 573 g/mol. The highest BCUT2D eigenvalue weighted by Gasteiger charge is 2.29. The van der Waals surface area contributed by atoms with Crippen molar-refractivity contribution in [3.05, 3.63) is 70.3 Å². The van der Waals surface area contributed by atoms with Crippen molar-refractivity contribution >= 4 is 56.2 Å². The average Bonchev–Trinajstić information content (AvgIpc) is 3.29. The number of aromatic nitrogens is 2. The molecule has 2 aromatic carbocycles. The molecule has 4 rings (SSSR count). The summed E-state index contributed by atoms with van der Waals surface area (Å²) in [5.74, 6) is 1.13. The first-order valence-corrected chi connectivity index (χ1v) is 14.8. The third kappa shape index (κ3) is 5.83. The molecule has 0 bridgehead atoms. The lowest BCUT2D eigenvalue weighted by Gasteiger charge is -2.22. The van der Waals surface area contributed by atoms with E-state index in [1.54, 1.807) is 13.0 Å². The van der Waals surface area contributed by atoms with Gasteiger partial charge in [0.15, 0.2) is 11.0 Å². The fourth-order valence-corrected chi connectivity index (χ4v) is 5.61. The molecule has 2 heterocycles. The minimum Gasteiger partial charge on any atom is -0.462 e. The number of halogens is 1. The van der Waals surface area contributed by atoms with Gasteiger partial charge >= 0.3 is 5.97 Å². The van der Waals surface area contributed by atoms with Gasteiger partial charge in [0, 0.05) is 30.8 Å². The standard InChI is InChI=1S/C28H33ClN4O5S/c1-6-32-25-17-20(28(34)38-7-2)12-13-22(25)30(4)26(32)10-8-11-27-31(5)23-18-21(29)19(3)16-24(23)33(27)14-9-15-39(35,36)37/h8,10-13,16-18H,6-7,9,14-15H2,1-5H3/p+1. The number of esters is 1. The smallest absolute Gasteiger partial charge is 0.338 e. The number of benzene rings is 2. The number of carbonyl (C=O) groups excluding carboxylic acids is 1. The van der Waals surface area contributed by atoms with E-state index in [4.69, 9.17) is 16.3 Å². The number of imidazole rings is 1. The first kappa shape index (κ1) is 28.7. The van der Waals surface area contributed by atoms with Crippen molar-refractivity contribution in [3.63, 3.8) is 0 Å². The van der Waals surface area contributed by atoms with Crippen molar-refractivity contribution < 1.29 is 27.1 Å². The third-order valence-corrected chi connectivity index (χ3v) is 8.09. The highest BCUT2D eigenvalue weighted by molar-refractivity contribution is 7.85. The predicted octanol–water partition coefficient (Wildman–Crippen LogP) is 4.71. The van der Waals surface area contributed by atoms with E-state index in [0.29, 0.717) is 30.3 Å². The summed E-state index contributed by atoms with van der Waals surface area (Å²) in [7, 11) is -0.140. The van der Waals surface area contributed by atoms with Crippen LogP contribution >= 0.6 is 11.6 Å². The fourth-order valence-electron chi connectivity index (χ4n) is 4.96. The van der Waals surface area contributed by atoms with Gasteiger partial charge in [0.2, 0.25) is 0 Å². The summed E-state index contributed by atoms with van der Waals surface area (Å²) in [6, 6.07) is 9.45. The average molecular weight is 574 g/mol. The highest BCUT2D eigenvalue weighted by Crippen LogP contribution is 2.43. The molecule has 3 aromatic rings. The second-order valence-corrected chi connectivity index (χ2v) is 11.4. The number of allylic oxidation sites excluding steroid dienone is 2. The Hall–Kier alpha value is -3.34. The largest absolute Gasteiger partial charge is 0.462 e. The molecule has 208 valence electrons. The van der Waals surface area contributed by atoms with E-state index in [9.17, 15) is 17.8 Å². The van der Waals surface area contributed by atoms with Gasteiger partial charge in [-0.25, -0.2) is 13.9 Å². The molecular formula is C28H34ClN4O5S+. The lowest BCUT2D eigenvalue weighted by atomic mass is 10.2. The summed E-state index contributed by atoms with van der Waals surface area (Å²) in [6.07, 6.45) is 6.19. The van der Waals surface area contributed by atoms with Crippen molar-refractivity contribution in [3.8, 4) is 0 Å². The molecule has 0 unspecified atom stereocenters. The Morgan fingerprint density at radius 1 is 1.18 bits per heavy atom. The summed E-state index contributed by atoms with van der Waals surface area (Å²) < 4.78 is 41.3. The molecule has 9 nitrogen and oxygen atoms in total. The summed E-state index contributed by atoms with van der Waals surface area (Å²) >= 11 is 6.41. The van der Waals surface area contributed by atoms with Gasteiger partial charge < -0.3 is 14.5 Å². The number of aryl methyl sites for hydroxylation is 3. The maximum absolute atomic E-state index is 12.3. The Morgan fingerprint density at radius 3 is 2.59 bits per heavy atom. The Kier molecular flexibility index (Phi) is 8.39. The van der Waals surface area contributed by atoms with Gasteiger partial charge in [0.05, 0.1) is 42.9 Å². The molecule has 0 fully saturated rings. The molecule has 0 saturated carbocycles. The van der Waals surface area contributed by atoms with Crippen LogP contribution in [0.1, 0.15) is 42.0 Å². The number of ether oxygens (including phenoxy) is 1. The molecule has 39 heavy (non-hydrogen) atoms. The molecule has 0 radical (unpaired) electrons. The van der Waals surface area contributed by atoms with Crippen molar-refractivity contribution in [2.45, 2.75) is 33.7 Å². The number of anilines is 2. The van der Waals surface area contributed by atoms with E-state index >= 15 is 0 Å². The molecule has 11 heteroatoms. The van der Waals surface area contributed by atoms with E-state index in [0.717, 1.165) is 39.6 Å². The van der Waals surface area contributed by atoms with Crippen LogP contribution in [0.3, 0.4) is 0 Å². The predicted molar refractivity (Wildman–Crippen MR) is 155 cm³/mol. The number of nitrogens with zero attached hydrogens (tertiary/aromatic N) is 4. The normalized spacial score (nSPS) is 14.7. The highest BCUT2D eigenvalue weighted by atomic mass is 35.5. The second kappa shape index (κ2) is 11.4. The van der Waals surface area contributed by atoms with Gasteiger partial charge in [-0.3, -0.25) is 4.55 Å². The summed E-state index contributed by atoms with van der Waals surface area (Å²) in [5, 5.41) is 0.650. The number of hydrogen-bond donors (Lipinski definition) is 1. The second-order valence-electron chi connectivity index (χ2n) is 9.41. The number of carbonyl (C=O) groups is 1. The summed E-state index contributed by atoms with van der Waals surface area (Å²) in [6.45, 7) is 7.18. The number of rotatable bonds is 9. The quantitative estimate of drug-likeness (QED) is 0.225. The van der Waals surface area contributed by atoms with E-state index in [2.05, 4.69) is 16.1 Å². The minimum atomic E-state index is -4.06. The Labute approximate surface area is 234 Å². The van der Waals surface area contributed by atoms with Gasteiger partial charge in [-0.2, -0.15) is 8.42 Å². The maximum Gasteiger partial charge on any atom is 0.338 e. The maximum atomic E-state index is 12.3. The van der Waals surface area contributed by atoms with Crippen LogP contribution in [0.25, 0.3) is 17.1 Å². The molecule has 0 spiro atoms. The van der Waals surface area contributed by atoms with Crippen molar-refractivity contribution in [1.29, 1.82) is 0 Å². The van der Waals surface area contributed by atoms with Crippen LogP contribution in [-0.4, -0.2) is 49.5 Å². The fraction of sp³-hybridized carbons (Fsp3) is 0.357. The van der Waals surface area contributed by atoms with E-state index in [1.807, 2.05) is 73.3 Å². The first-order chi connectivity index (χ1) is 18.5. The minimum absolute atomic E-state index is 0.261. The van der Waals surface area contributed by atoms with E-state index < -0.39 is 10.1 Å². The molecule has 1 aromatic heterocycles. The summed E-state index contributed by atoms with van der Waals surface area (Å²) in [5.41, 5.74) is 5.18. The lowest BCUT2D eigenvalue weighted by Crippen LogP contribution is -2.31. The molecule has 0 saturated heterocycles. The Bertz CT molecular complexity index is 1590. The molecule has 0 amide bonds. The van der Waals surface area contributed by atoms with Gasteiger partial charge in [-0.1, -0.05) is 17.7 Å². The molecule has 0 atom stereocenters. The lowest BCUT2D eigenvalue weighted by molar-refractivity contribution is -0.647. The Balaban J connectivity index is 1.71. The van der Waals surface area contributed by atoms with Crippen LogP contribution in [0, 0.1) is 6.92 Å². The zero-order valence-electron chi connectivity index (χ0n) is 22.8. The zero-order chi connectivity index (χ0) is 28.5. The molecular weight excluding hydrogens is 540 g/mol. The zero-order valence-corrected chi connectivity index (χ0v) is 24.4. The number of hydrogen-bond acceptors (Lipinski definition) is 6. The van der Waals surface area contributed by atoms with Gasteiger partial charge in [-0.05, 0) is 63.1 Å². The van der Waals surface area contributed by atoms with Crippen molar-refractivity contribution in [2.75, 3.05) is 35.8 Å². The van der Waals surface area contributed by atoms with Crippen LogP contribution in [-0.2, 0) is 28.4 Å². The van der Waals surface area contributed by atoms with E-state index in [1.165, 1.54) is 0 Å². The molecule has 0 aliphatic carbocycles.